The van der Waals surface area contributed by atoms with Gasteiger partial charge in [-0.15, -0.1) is 13.0 Å². The van der Waals surface area contributed by atoms with Crippen LogP contribution >= 0.6 is 0 Å². The highest BCUT2D eigenvalue weighted by atomic mass is 16.6. The molecule has 0 aliphatic rings. The molecule has 3 nitrogen and oxygen atoms in total. The molecule has 0 N–H and O–H groups in total. The molecule has 0 fully saturated rings. The number of terminal acetylenes is 1. The summed E-state index contributed by atoms with van der Waals surface area (Å²) in [6.45, 7) is 11.3. The summed E-state index contributed by atoms with van der Waals surface area (Å²) in [4.78, 5) is 0. The third kappa shape index (κ3) is 9.72. The largest absolute Gasteiger partial charge is 0.373 e. The van der Waals surface area contributed by atoms with E-state index >= 15 is 0 Å². The highest BCUT2D eigenvalue weighted by Crippen LogP contribution is 2.08. The predicted octanol–water partition coefficient (Wildman–Crippen LogP) is 2.02. The van der Waals surface area contributed by atoms with Gasteiger partial charge in [0.15, 0.2) is 0 Å². The van der Waals surface area contributed by atoms with Crippen LogP contribution in [0.5, 0.6) is 0 Å². The van der Waals surface area contributed by atoms with E-state index in [4.69, 9.17) is 20.6 Å². The molecule has 0 aliphatic carbocycles. The van der Waals surface area contributed by atoms with Gasteiger partial charge in [0.05, 0.1) is 25.4 Å². The Kier molecular flexibility index (Phi) is 7.92. The fourth-order valence-corrected chi connectivity index (χ4v) is 0.941. The molecule has 0 rings (SSSR count). The summed E-state index contributed by atoms with van der Waals surface area (Å²) in [6.07, 6.45) is 6.69. The van der Waals surface area contributed by atoms with E-state index in [1.165, 1.54) is 0 Å². The molecule has 3 heteroatoms. The van der Waals surface area contributed by atoms with Crippen LogP contribution in [0, 0.1) is 12.3 Å². The van der Waals surface area contributed by atoms with E-state index < -0.39 is 0 Å². The lowest BCUT2D eigenvalue weighted by atomic mass is 10.2. The predicted molar refractivity (Wildman–Crippen MR) is 65.3 cm³/mol. The highest BCUT2D eigenvalue weighted by Gasteiger charge is 2.15. The molecule has 16 heavy (non-hydrogen) atoms. The smallest absolute Gasteiger partial charge is 0.107 e. The quantitative estimate of drug-likeness (QED) is 0.360. The molecular formula is C13H22O3. The van der Waals surface area contributed by atoms with Gasteiger partial charge in [-0.2, -0.15) is 0 Å². The summed E-state index contributed by atoms with van der Waals surface area (Å²) in [5.74, 6) is 2.41. The van der Waals surface area contributed by atoms with Crippen molar-refractivity contribution < 1.29 is 14.2 Å². The maximum atomic E-state index is 5.63. The van der Waals surface area contributed by atoms with E-state index in [0.717, 1.165) is 0 Å². The minimum Gasteiger partial charge on any atom is -0.373 e. The summed E-state index contributed by atoms with van der Waals surface area (Å²) in [5, 5.41) is 0. The first-order valence-electron chi connectivity index (χ1n) is 5.37. The monoisotopic (exact) mass is 226 g/mol. The average molecular weight is 226 g/mol. The molecule has 0 aromatic heterocycles. The normalized spacial score (nSPS) is 13.1. The minimum absolute atomic E-state index is 0.106. The molecule has 0 spiro atoms. The molecule has 1 atom stereocenters. The van der Waals surface area contributed by atoms with Crippen LogP contribution in [0.15, 0.2) is 12.7 Å². The zero-order chi connectivity index (χ0) is 12.4. The van der Waals surface area contributed by atoms with Crippen LogP contribution in [0.25, 0.3) is 0 Å². The van der Waals surface area contributed by atoms with Gasteiger partial charge in [0.1, 0.15) is 12.7 Å². The molecule has 0 radical (unpaired) electrons. The molecule has 0 heterocycles. The molecule has 0 saturated carbocycles. The van der Waals surface area contributed by atoms with Crippen molar-refractivity contribution in [1.29, 1.82) is 0 Å². The highest BCUT2D eigenvalue weighted by molar-refractivity contribution is 4.83. The van der Waals surface area contributed by atoms with Crippen LogP contribution in [0.2, 0.25) is 0 Å². The lowest BCUT2D eigenvalue weighted by Crippen LogP contribution is -2.31. The Morgan fingerprint density at radius 1 is 1.38 bits per heavy atom. The zero-order valence-electron chi connectivity index (χ0n) is 10.5. The van der Waals surface area contributed by atoms with Crippen molar-refractivity contribution in [3.05, 3.63) is 12.7 Å². The number of hydrogen-bond donors (Lipinski definition) is 0. The van der Waals surface area contributed by atoms with Gasteiger partial charge in [0.2, 0.25) is 0 Å². The first-order valence-corrected chi connectivity index (χ1v) is 5.37. The summed E-state index contributed by atoms with van der Waals surface area (Å²) in [7, 11) is 0. The maximum absolute atomic E-state index is 5.63. The molecule has 0 bridgehead atoms. The topological polar surface area (TPSA) is 27.7 Å². The Labute approximate surface area is 98.8 Å². The second-order valence-corrected chi connectivity index (χ2v) is 4.39. The van der Waals surface area contributed by atoms with Gasteiger partial charge in [-0.3, -0.25) is 0 Å². The Hall–Kier alpha value is -0.820. The molecule has 0 unspecified atom stereocenters. The van der Waals surface area contributed by atoms with E-state index in [9.17, 15) is 0 Å². The minimum atomic E-state index is -0.179. The van der Waals surface area contributed by atoms with Crippen molar-refractivity contribution in [3.63, 3.8) is 0 Å². The van der Waals surface area contributed by atoms with E-state index in [2.05, 4.69) is 12.5 Å². The molecule has 0 aliphatic heterocycles. The fraction of sp³-hybridized carbons (Fsp3) is 0.692. The van der Waals surface area contributed by atoms with Gasteiger partial charge in [-0.05, 0) is 20.8 Å². The molecule has 0 saturated heterocycles. The van der Waals surface area contributed by atoms with Crippen LogP contribution < -0.4 is 0 Å². The second kappa shape index (κ2) is 8.35. The number of rotatable bonds is 8. The third-order valence-electron chi connectivity index (χ3n) is 1.64. The van der Waals surface area contributed by atoms with Crippen molar-refractivity contribution in [2.24, 2.45) is 0 Å². The van der Waals surface area contributed by atoms with E-state index in [0.29, 0.717) is 26.4 Å². The standard InChI is InChI=1S/C13H22O3/c1-6-8-14-10-12(15-9-7-2)11-16-13(3,4)5/h1,7,12H,2,8-11H2,3-5H3/t12-/m1/s1. The Morgan fingerprint density at radius 3 is 2.56 bits per heavy atom. The van der Waals surface area contributed by atoms with Gasteiger partial charge in [-0.25, -0.2) is 0 Å². The van der Waals surface area contributed by atoms with Crippen molar-refractivity contribution >= 4 is 0 Å². The lowest BCUT2D eigenvalue weighted by molar-refractivity contribution is -0.0889. The second-order valence-electron chi connectivity index (χ2n) is 4.39. The van der Waals surface area contributed by atoms with Gasteiger partial charge in [-0.1, -0.05) is 12.0 Å². The van der Waals surface area contributed by atoms with Gasteiger partial charge < -0.3 is 14.2 Å². The number of ether oxygens (including phenoxy) is 3. The van der Waals surface area contributed by atoms with E-state index in [1.54, 1.807) is 6.08 Å². The fourth-order valence-electron chi connectivity index (χ4n) is 0.941. The van der Waals surface area contributed by atoms with Crippen LogP contribution in [0.4, 0.5) is 0 Å². The molecule has 92 valence electrons. The van der Waals surface area contributed by atoms with Crippen molar-refractivity contribution in [2.75, 3.05) is 26.4 Å². The van der Waals surface area contributed by atoms with E-state index in [-0.39, 0.29) is 11.7 Å². The van der Waals surface area contributed by atoms with Crippen LogP contribution in [-0.4, -0.2) is 38.1 Å². The average Bonchev–Trinajstić information content (AvgIpc) is 2.20. The molecule has 0 aromatic rings. The summed E-state index contributed by atoms with van der Waals surface area (Å²) in [6, 6.07) is 0. The van der Waals surface area contributed by atoms with Crippen LogP contribution in [0.1, 0.15) is 20.8 Å². The van der Waals surface area contributed by atoms with Gasteiger partial charge in [0, 0.05) is 0 Å². The zero-order valence-corrected chi connectivity index (χ0v) is 10.5. The molecule has 0 aromatic carbocycles. The first kappa shape index (κ1) is 15.2. The lowest BCUT2D eigenvalue weighted by Gasteiger charge is -2.24. The van der Waals surface area contributed by atoms with Gasteiger partial charge >= 0.3 is 0 Å². The molecule has 0 amide bonds. The Morgan fingerprint density at radius 2 is 2.06 bits per heavy atom. The third-order valence-corrected chi connectivity index (χ3v) is 1.64. The van der Waals surface area contributed by atoms with Crippen LogP contribution in [0.3, 0.4) is 0 Å². The summed E-state index contributed by atoms with van der Waals surface area (Å²) < 4.78 is 16.4. The molecular weight excluding hydrogens is 204 g/mol. The van der Waals surface area contributed by atoms with Crippen molar-refractivity contribution in [1.82, 2.24) is 0 Å². The Balaban J connectivity index is 3.90. The Bertz CT molecular complexity index is 222. The summed E-state index contributed by atoms with van der Waals surface area (Å²) >= 11 is 0. The van der Waals surface area contributed by atoms with Gasteiger partial charge in [0.25, 0.3) is 0 Å². The SMILES string of the molecule is C#CCOC[C@H](COC(C)(C)C)OCC=C. The summed E-state index contributed by atoms with van der Waals surface area (Å²) in [5.41, 5.74) is -0.179. The van der Waals surface area contributed by atoms with Crippen LogP contribution in [-0.2, 0) is 14.2 Å². The maximum Gasteiger partial charge on any atom is 0.107 e. The van der Waals surface area contributed by atoms with Crippen molar-refractivity contribution in [3.8, 4) is 12.3 Å². The van der Waals surface area contributed by atoms with Crippen molar-refractivity contribution in [2.45, 2.75) is 32.5 Å². The van der Waals surface area contributed by atoms with E-state index in [1.807, 2.05) is 20.8 Å². The number of hydrogen-bond acceptors (Lipinski definition) is 3. The first-order chi connectivity index (χ1) is 7.49.